The fraction of sp³-hybridized carbons (Fsp3) is 0.350. The summed E-state index contributed by atoms with van der Waals surface area (Å²) in [5, 5.41) is 6.49. The van der Waals surface area contributed by atoms with Gasteiger partial charge in [-0.3, -0.25) is 9.59 Å². The zero-order valence-corrected chi connectivity index (χ0v) is 15.3. The molecule has 0 saturated heterocycles. The van der Waals surface area contributed by atoms with Gasteiger partial charge in [-0.25, -0.2) is 4.98 Å². The van der Waals surface area contributed by atoms with E-state index < -0.39 is 0 Å². The van der Waals surface area contributed by atoms with Crippen LogP contribution in [0.15, 0.2) is 42.5 Å². The van der Waals surface area contributed by atoms with Gasteiger partial charge in [0.05, 0.1) is 0 Å². The van der Waals surface area contributed by atoms with Crippen LogP contribution >= 0.6 is 11.6 Å². The summed E-state index contributed by atoms with van der Waals surface area (Å²) in [7, 11) is 0. The molecule has 0 atom stereocenters. The first-order chi connectivity index (χ1) is 12.6. The molecule has 6 heteroatoms. The molecule has 1 aromatic carbocycles. The van der Waals surface area contributed by atoms with E-state index in [2.05, 4.69) is 15.6 Å². The predicted molar refractivity (Wildman–Crippen MR) is 101 cm³/mol. The third-order valence-corrected chi connectivity index (χ3v) is 4.73. The highest BCUT2D eigenvalue weighted by Gasteiger charge is 2.19. The van der Waals surface area contributed by atoms with Crippen molar-refractivity contribution in [3.8, 4) is 0 Å². The number of hydrogen-bond acceptors (Lipinski definition) is 3. The fourth-order valence-corrected chi connectivity index (χ4v) is 3.33. The molecule has 0 radical (unpaired) electrons. The van der Waals surface area contributed by atoms with Crippen LogP contribution < -0.4 is 10.6 Å². The monoisotopic (exact) mass is 371 g/mol. The van der Waals surface area contributed by atoms with E-state index in [9.17, 15) is 9.59 Å². The molecule has 0 unspecified atom stereocenters. The average molecular weight is 372 g/mol. The Morgan fingerprint density at radius 2 is 1.73 bits per heavy atom. The van der Waals surface area contributed by atoms with Crippen LogP contribution in [0.2, 0.25) is 5.02 Å². The molecule has 1 aromatic heterocycles. The van der Waals surface area contributed by atoms with Gasteiger partial charge >= 0.3 is 0 Å². The Labute approximate surface area is 158 Å². The predicted octanol–water partition coefficient (Wildman–Crippen LogP) is 3.38. The van der Waals surface area contributed by atoms with Crippen LogP contribution in [0.25, 0.3) is 0 Å². The number of carbonyl (C=O) groups is 2. The second kappa shape index (κ2) is 8.81. The van der Waals surface area contributed by atoms with E-state index in [1.807, 2.05) is 24.3 Å². The Morgan fingerprint density at radius 1 is 1.04 bits per heavy atom. The number of rotatable bonds is 6. The van der Waals surface area contributed by atoms with Crippen molar-refractivity contribution < 1.29 is 9.59 Å². The number of pyridine rings is 1. The molecule has 1 heterocycles. The van der Waals surface area contributed by atoms with Gasteiger partial charge in [-0.15, -0.1) is 0 Å². The maximum atomic E-state index is 12.3. The van der Waals surface area contributed by atoms with Crippen LogP contribution in [0.5, 0.6) is 0 Å². The van der Waals surface area contributed by atoms with Gasteiger partial charge in [0.25, 0.3) is 11.8 Å². The summed E-state index contributed by atoms with van der Waals surface area (Å²) >= 11 is 5.95. The van der Waals surface area contributed by atoms with Crippen LogP contribution in [0.1, 0.15) is 52.2 Å². The van der Waals surface area contributed by atoms with Crippen molar-refractivity contribution in [2.24, 2.45) is 0 Å². The van der Waals surface area contributed by atoms with E-state index in [0.29, 0.717) is 18.0 Å². The molecule has 5 nitrogen and oxygen atoms in total. The number of amides is 2. The molecule has 1 fully saturated rings. The summed E-state index contributed by atoms with van der Waals surface area (Å²) in [5.41, 5.74) is 1.57. The van der Waals surface area contributed by atoms with Gasteiger partial charge in [-0.2, -0.15) is 0 Å². The number of hydrogen-bond donors (Lipinski definition) is 2. The molecule has 0 spiro atoms. The first-order valence-corrected chi connectivity index (χ1v) is 9.30. The van der Waals surface area contributed by atoms with Crippen molar-refractivity contribution in [1.82, 2.24) is 15.6 Å². The lowest BCUT2D eigenvalue weighted by Gasteiger charge is -2.12. The molecule has 2 amide bonds. The number of carbonyl (C=O) groups excluding carboxylic acids is 2. The second-order valence-electron chi connectivity index (χ2n) is 6.50. The van der Waals surface area contributed by atoms with Crippen molar-refractivity contribution >= 4 is 23.4 Å². The summed E-state index contributed by atoms with van der Waals surface area (Å²) in [6, 6.07) is 12.7. The smallest absolute Gasteiger partial charge is 0.270 e. The second-order valence-corrected chi connectivity index (χ2v) is 6.94. The van der Waals surface area contributed by atoms with E-state index in [1.54, 1.807) is 18.2 Å². The Balaban J connectivity index is 1.54. The molecule has 3 rings (SSSR count). The van der Waals surface area contributed by atoms with Crippen molar-refractivity contribution in [2.45, 2.75) is 38.1 Å². The third kappa shape index (κ3) is 5.05. The molecule has 1 saturated carbocycles. The molecule has 0 aliphatic heterocycles. The average Bonchev–Trinajstić information content (AvgIpc) is 3.15. The molecular formula is C20H22ClN3O2. The number of nitrogens with zero attached hydrogens (tertiary/aromatic N) is 1. The first-order valence-electron chi connectivity index (χ1n) is 8.92. The Kier molecular flexibility index (Phi) is 6.23. The van der Waals surface area contributed by atoms with Crippen LogP contribution in [0.4, 0.5) is 0 Å². The number of halogens is 1. The van der Waals surface area contributed by atoms with Gasteiger partial charge in [0.2, 0.25) is 0 Å². The molecular weight excluding hydrogens is 350 g/mol. The van der Waals surface area contributed by atoms with E-state index in [4.69, 9.17) is 11.6 Å². The highest BCUT2D eigenvalue weighted by molar-refractivity contribution is 6.30. The first kappa shape index (κ1) is 18.4. The highest BCUT2D eigenvalue weighted by Crippen LogP contribution is 2.18. The van der Waals surface area contributed by atoms with E-state index in [0.717, 1.165) is 31.2 Å². The van der Waals surface area contributed by atoms with Gasteiger partial charge in [0, 0.05) is 17.6 Å². The Morgan fingerprint density at radius 3 is 2.46 bits per heavy atom. The third-order valence-electron chi connectivity index (χ3n) is 4.49. The van der Waals surface area contributed by atoms with Crippen molar-refractivity contribution in [2.75, 3.05) is 6.54 Å². The van der Waals surface area contributed by atoms with Crippen LogP contribution in [-0.2, 0) is 6.42 Å². The van der Waals surface area contributed by atoms with E-state index >= 15 is 0 Å². The van der Waals surface area contributed by atoms with Crippen LogP contribution in [0.3, 0.4) is 0 Å². The highest BCUT2D eigenvalue weighted by atomic mass is 35.5. The van der Waals surface area contributed by atoms with Gasteiger partial charge in [-0.05, 0) is 49.1 Å². The normalized spacial score (nSPS) is 14.2. The van der Waals surface area contributed by atoms with Crippen LogP contribution in [-0.4, -0.2) is 29.4 Å². The summed E-state index contributed by atoms with van der Waals surface area (Å²) in [6.07, 6.45) is 4.99. The fourth-order valence-electron chi connectivity index (χ4n) is 3.12. The SMILES string of the molecule is O=C(NCCc1cccc(Cl)c1)c1cccc(C(=O)NC2CCCC2)n1. The molecule has 136 valence electrons. The number of nitrogens with one attached hydrogen (secondary N) is 2. The lowest BCUT2D eigenvalue weighted by atomic mass is 10.1. The van der Waals surface area contributed by atoms with Gasteiger partial charge in [0.15, 0.2) is 0 Å². The summed E-state index contributed by atoms with van der Waals surface area (Å²) in [6.45, 7) is 0.472. The molecule has 2 N–H and O–H groups in total. The van der Waals surface area contributed by atoms with Crippen molar-refractivity contribution in [3.63, 3.8) is 0 Å². The minimum Gasteiger partial charge on any atom is -0.350 e. The van der Waals surface area contributed by atoms with E-state index in [1.165, 1.54) is 0 Å². The maximum Gasteiger partial charge on any atom is 0.270 e. The minimum atomic E-state index is -0.289. The lowest BCUT2D eigenvalue weighted by Crippen LogP contribution is -2.34. The molecule has 1 aliphatic carbocycles. The zero-order valence-electron chi connectivity index (χ0n) is 14.5. The lowest BCUT2D eigenvalue weighted by molar-refractivity contribution is 0.0932. The van der Waals surface area contributed by atoms with Gasteiger partial charge in [0.1, 0.15) is 11.4 Å². The van der Waals surface area contributed by atoms with Gasteiger partial charge in [-0.1, -0.05) is 42.6 Å². The minimum absolute atomic E-state index is 0.217. The maximum absolute atomic E-state index is 12.3. The molecule has 26 heavy (non-hydrogen) atoms. The van der Waals surface area contributed by atoms with Crippen molar-refractivity contribution in [3.05, 3.63) is 64.4 Å². The topological polar surface area (TPSA) is 71.1 Å². The number of aromatic nitrogens is 1. The summed E-state index contributed by atoms with van der Waals surface area (Å²) in [5.74, 6) is -0.506. The molecule has 2 aromatic rings. The molecule has 1 aliphatic rings. The van der Waals surface area contributed by atoms with Gasteiger partial charge < -0.3 is 10.6 Å². The summed E-state index contributed by atoms with van der Waals surface area (Å²) < 4.78 is 0. The Bertz CT molecular complexity index is 788. The van der Waals surface area contributed by atoms with Crippen LogP contribution in [0, 0.1) is 0 Å². The largest absolute Gasteiger partial charge is 0.350 e. The number of benzene rings is 1. The quantitative estimate of drug-likeness (QED) is 0.817. The molecule has 0 bridgehead atoms. The Hall–Kier alpha value is -2.40. The summed E-state index contributed by atoms with van der Waals surface area (Å²) in [4.78, 5) is 28.8. The van der Waals surface area contributed by atoms with E-state index in [-0.39, 0.29) is 29.2 Å². The standard InChI is InChI=1S/C20H22ClN3O2/c21-15-6-3-5-14(13-15)11-12-22-19(25)17-9-4-10-18(24-17)20(26)23-16-7-1-2-8-16/h3-6,9-10,13,16H,1-2,7-8,11-12H2,(H,22,25)(H,23,26). The zero-order chi connectivity index (χ0) is 18.4. The van der Waals surface area contributed by atoms with Crippen molar-refractivity contribution in [1.29, 1.82) is 0 Å².